The quantitative estimate of drug-likeness (QED) is 0.502. The molecule has 1 heterocycles. The van der Waals surface area contributed by atoms with Crippen LogP contribution in [0.5, 0.6) is 0 Å². The lowest BCUT2D eigenvalue weighted by molar-refractivity contribution is 0.0974. The summed E-state index contributed by atoms with van der Waals surface area (Å²) in [6.45, 7) is 1.88. The number of halogens is 1. The third kappa shape index (κ3) is 4.32. The molecule has 0 saturated heterocycles. The fraction of sp³-hybridized carbons (Fsp3) is 0.208. The number of hydrogen-bond donors (Lipinski definition) is 1. The van der Waals surface area contributed by atoms with Crippen LogP contribution in [0.3, 0.4) is 0 Å². The molecule has 1 amide bonds. The van der Waals surface area contributed by atoms with E-state index in [-0.39, 0.29) is 17.3 Å². The number of ketones is 1. The lowest BCUT2D eigenvalue weighted by atomic mass is 10.0. The normalized spacial score (nSPS) is 13.0. The van der Waals surface area contributed by atoms with Crippen LogP contribution >= 0.6 is 11.3 Å². The number of nitrogens with zero attached hydrogens (tertiary/aromatic N) is 1. The number of anilines is 1. The fourth-order valence-electron chi connectivity index (χ4n) is 3.20. The Kier molecular flexibility index (Phi) is 5.47. The molecular weight excluding hydrogens is 399 g/mol. The smallest absolute Gasteiger partial charge is 0.265 e. The van der Waals surface area contributed by atoms with Gasteiger partial charge >= 0.3 is 0 Å². The highest BCUT2D eigenvalue weighted by Crippen LogP contribution is 2.34. The zero-order valence-electron chi connectivity index (χ0n) is 16.4. The number of rotatable bonds is 6. The highest BCUT2D eigenvalue weighted by Gasteiger charge is 2.25. The Balaban J connectivity index is 1.52. The Bertz CT molecular complexity index is 1190. The van der Waals surface area contributed by atoms with E-state index in [0.717, 1.165) is 23.3 Å². The van der Waals surface area contributed by atoms with E-state index in [4.69, 9.17) is 5.26 Å². The SMILES string of the molecule is Cc1ccc(C(=O)CC2CC2)cc1NC(=O)c1ccc(-c2ccc(F)c(C#N)c2)s1. The van der Waals surface area contributed by atoms with Crippen molar-refractivity contribution in [1.82, 2.24) is 0 Å². The molecular formula is C24H19FN2O2S. The maximum absolute atomic E-state index is 13.6. The number of hydrogen-bond acceptors (Lipinski definition) is 4. The van der Waals surface area contributed by atoms with Gasteiger partial charge in [0.05, 0.1) is 10.4 Å². The molecule has 4 rings (SSSR count). The van der Waals surface area contributed by atoms with E-state index in [1.54, 1.807) is 30.3 Å². The topological polar surface area (TPSA) is 70.0 Å². The second-order valence-electron chi connectivity index (χ2n) is 7.52. The summed E-state index contributed by atoms with van der Waals surface area (Å²) in [7, 11) is 0. The average molecular weight is 418 g/mol. The van der Waals surface area contributed by atoms with Crippen LogP contribution in [0.1, 0.15) is 50.4 Å². The van der Waals surface area contributed by atoms with Gasteiger partial charge in [-0.2, -0.15) is 5.26 Å². The van der Waals surface area contributed by atoms with E-state index < -0.39 is 5.82 Å². The first-order chi connectivity index (χ1) is 14.4. The second kappa shape index (κ2) is 8.21. The summed E-state index contributed by atoms with van der Waals surface area (Å²) in [5.74, 6) is -0.225. The van der Waals surface area contributed by atoms with Gasteiger partial charge in [0, 0.05) is 22.5 Å². The number of benzene rings is 2. The van der Waals surface area contributed by atoms with Gasteiger partial charge in [-0.15, -0.1) is 11.3 Å². The van der Waals surface area contributed by atoms with Crippen LogP contribution in [0.4, 0.5) is 10.1 Å². The first kappa shape index (κ1) is 20.0. The molecule has 0 spiro atoms. The minimum Gasteiger partial charge on any atom is -0.321 e. The molecule has 4 nitrogen and oxygen atoms in total. The summed E-state index contributed by atoms with van der Waals surface area (Å²) in [5.41, 5.74) is 2.76. The molecule has 0 bridgehead atoms. The lowest BCUT2D eigenvalue weighted by Crippen LogP contribution is -2.12. The van der Waals surface area contributed by atoms with Crippen molar-refractivity contribution in [2.45, 2.75) is 26.2 Å². The summed E-state index contributed by atoms with van der Waals surface area (Å²) in [5, 5.41) is 11.9. The molecule has 0 radical (unpaired) electrons. The molecule has 150 valence electrons. The van der Waals surface area contributed by atoms with E-state index in [1.807, 2.05) is 19.1 Å². The van der Waals surface area contributed by atoms with Gasteiger partial charge in [0.2, 0.25) is 0 Å². The van der Waals surface area contributed by atoms with Crippen LogP contribution in [0.25, 0.3) is 10.4 Å². The molecule has 0 atom stereocenters. The first-order valence-corrected chi connectivity index (χ1v) is 10.5. The number of nitrogens with one attached hydrogen (secondary N) is 1. The number of Topliss-reactive ketones (excluding diaryl/α,β-unsaturated/α-hetero) is 1. The molecule has 1 N–H and O–H groups in total. The number of aryl methyl sites for hydroxylation is 1. The molecule has 1 aliphatic rings. The standard InChI is InChI=1S/C24H19FN2O2S/c1-14-2-5-16(21(28)10-15-3-4-15)12-20(14)27-24(29)23-9-8-22(30-23)17-6-7-19(25)18(11-17)13-26/h2,5-9,11-12,15H,3-4,10H2,1H3,(H,27,29). The van der Waals surface area contributed by atoms with Gasteiger partial charge in [0.15, 0.2) is 5.78 Å². The Morgan fingerprint density at radius 3 is 2.70 bits per heavy atom. The summed E-state index contributed by atoms with van der Waals surface area (Å²) in [6, 6.07) is 15.0. The first-order valence-electron chi connectivity index (χ1n) is 9.69. The molecule has 30 heavy (non-hydrogen) atoms. The van der Waals surface area contributed by atoms with Crippen molar-refractivity contribution in [3.8, 4) is 16.5 Å². The van der Waals surface area contributed by atoms with Crippen molar-refractivity contribution in [2.24, 2.45) is 5.92 Å². The van der Waals surface area contributed by atoms with Gasteiger partial charge in [-0.25, -0.2) is 4.39 Å². The Labute approximate surface area is 178 Å². The van der Waals surface area contributed by atoms with Crippen molar-refractivity contribution in [2.75, 3.05) is 5.32 Å². The molecule has 0 unspecified atom stereocenters. The van der Waals surface area contributed by atoms with E-state index >= 15 is 0 Å². The molecule has 0 aliphatic heterocycles. The molecule has 2 aromatic carbocycles. The largest absolute Gasteiger partial charge is 0.321 e. The molecule has 3 aromatic rings. The van der Waals surface area contributed by atoms with Crippen molar-refractivity contribution in [3.05, 3.63) is 75.9 Å². The second-order valence-corrected chi connectivity index (χ2v) is 8.61. The maximum Gasteiger partial charge on any atom is 0.265 e. The zero-order valence-corrected chi connectivity index (χ0v) is 17.2. The highest BCUT2D eigenvalue weighted by molar-refractivity contribution is 7.17. The van der Waals surface area contributed by atoms with Crippen LogP contribution < -0.4 is 5.32 Å². The summed E-state index contributed by atoms with van der Waals surface area (Å²) >= 11 is 1.26. The number of thiophene rings is 1. The summed E-state index contributed by atoms with van der Waals surface area (Å²) in [6.07, 6.45) is 2.80. The van der Waals surface area contributed by atoms with Crippen LogP contribution in [0.2, 0.25) is 0 Å². The third-order valence-electron chi connectivity index (χ3n) is 5.18. The molecule has 6 heteroatoms. The number of amides is 1. The fourth-order valence-corrected chi connectivity index (χ4v) is 4.09. The zero-order chi connectivity index (χ0) is 21.3. The van der Waals surface area contributed by atoms with E-state index in [2.05, 4.69) is 5.32 Å². The predicted octanol–water partition coefficient (Wildman–Crippen LogP) is 5.97. The van der Waals surface area contributed by atoms with Gasteiger partial charge in [0.1, 0.15) is 11.9 Å². The van der Waals surface area contributed by atoms with Crippen molar-refractivity contribution in [3.63, 3.8) is 0 Å². The van der Waals surface area contributed by atoms with Crippen LogP contribution in [-0.4, -0.2) is 11.7 Å². The molecule has 1 fully saturated rings. The van der Waals surface area contributed by atoms with Crippen molar-refractivity contribution >= 4 is 28.7 Å². The maximum atomic E-state index is 13.6. The van der Waals surface area contributed by atoms with Gasteiger partial charge in [-0.3, -0.25) is 9.59 Å². The number of carbonyl (C=O) groups excluding carboxylic acids is 2. The lowest BCUT2D eigenvalue weighted by Gasteiger charge is -2.10. The van der Waals surface area contributed by atoms with Crippen molar-refractivity contribution < 1.29 is 14.0 Å². The molecule has 1 aromatic heterocycles. The summed E-state index contributed by atoms with van der Waals surface area (Å²) in [4.78, 5) is 26.4. The van der Waals surface area contributed by atoms with Crippen LogP contribution in [0, 0.1) is 30.0 Å². The molecule has 1 saturated carbocycles. The highest BCUT2D eigenvalue weighted by atomic mass is 32.1. The van der Waals surface area contributed by atoms with Crippen molar-refractivity contribution in [1.29, 1.82) is 5.26 Å². The van der Waals surface area contributed by atoms with Gasteiger partial charge in [0.25, 0.3) is 5.91 Å². The number of nitriles is 1. The average Bonchev–Trinajstić information content (AvgIpc) is 3.41. The van der Waals surface area contributed by atoms with Gasteiger partial charge < -0.3 is 5.32 Å². The van der Waals surface area contributed by atoms with Crippen LogP contribution in [-0.2, 0) is 0 Å². The van der Waals surface area contributed by atoms with Gasteiger partial charge in [-0.05, 0) is 67.1 Å². The minimum atomic E-state index is -0.567. The van der Waals surface area contributed by atoms with E-state index in [0.29, 0.717) is 34.0 Å². The monoisotopic (exact) mass is 418 g/mol. The minimum absolute atomic E-state index is 0.0322. The van der Waals surface area contributed by atoms with Crippen LogP contribution in [0.15, 0.2) is 48.5 Å². The van der Waals surface area contributed by atoms with E-state index in [1.165, 1.54) is 23.5 Å². The summed E-state index contributed by atoms with van der Waals surface area (Å²) < 4.78 is 13.6. The Morgan fingerprint density at radius 1 is 1.17 bits per heavy atom. The third-order valence-corrected chi connectivity index (χ3v) is 6.31. The number of carbonyl (C=O) groups is 2. The molecule has 1 aliphatic carbocycles. The predicted molar refractivity (Wildman–Crippen MR) is 115 cm³/mol. The van der Waals surface area contributed by atoms with E-state index in [9.17, 15) is 14.0 Å². The Morgan fingerprint density at radius 2 is 1.97 bits per heavy atom. The Hall–Kier alpha value is -3.30. The van der Waals surface area contributed by atoms with Gasteiger partial charge in [-0.1, -0.05) is 18.2 Å².